The first-order valence-corrected chi connectivity index (χ1v) is 6.35. The first kappa shape index (κ1) is 11.4. The first-order valence-electron chi connectivity index (χ1n) is 5.53. The summed E-state index contributed by atoms with van der Waals surface area (Å²) in [5.41, 5.74) is 0.631. The molecule has 0 aromatic carbocycles. The Kier molecular flexibility index (Phi) is 3.14. The molecule has 88 valence electrons. The zero-order valence-electron chi connectivity index (χ0n) is 9.56. The maximum Gasteiger partial charge on any atom is 0.347 e. The molecule has 1 aromatic heterocycles. The molecule has 2 heterocycles. The summed E-state index contributed by atoms with van der Waals surface area (Å²) in [6.07, 6.45) is 2.34. The molecule has 0 saturated carbocycles. The van der Waals surface area contributed by atoms with Gasteiger partial charge in [-0.05, 0) is 25.7 Å². The lowest BCUT2D eigenvalue weighted by atomic mass is 10.00. The van der Waals surface area contributed by atoms with Crippen molar-refractivity contribution < 1.29 is 9.90 Å². The van der Waals surface area contributed by atoms with E-state index in [9.17, 15) is 4.79 Å². The van der Waals surface area contributed by atoms with Crippen LogP contribution < -0.4 is 4.90 Å². The number of aryl methyl sites for hydroxylation is 1. The summed E-state index contributed by atoms with van der Waals surface area (Å²) in [6, 6.07) is 0. The summed E-state index contributed by atoms with van der Waals surface area (Å²) in [5.74, 6) is -0.0946. The Morgan fingerprint density at radius 3 is 2.62 bits per heavy atom. The SMILES string of the molecule is Cc1nc(N2CCC(C)CC2)sc1C(=O)O. The Morgan fingerprint density at radius 2 is 2.12 bits per heavy atom. The summed E-state index contributed by atoms with van der Waals surface area (Å²) >= 11 is 1.29. The van der Waals surface area contributed by atoms with E-state index >= 15 is 0 Å². The molecule has 0 spiro atoms. The van der Waals surface area contributed by atoms with E-state index in [4.69, 9.17) is 5.11 Å². The number of hydrogen-bond acceptors (Lipinski definition) is 4. The van der Waals surface area contributed by atoms with Crippen molar-refractivity contribution in [3.63, 3.8) is 0 Å². The topological polar surface area (TPSA) is 53.4 Å². The molecule has 5 heteroatoms. The lowest BCUT2D eigenvalue weighted by Crippen LogP contribution is -2.32. The normalized spacial score (nSPS) is 17.8. The second-order valence-corrected chi connectivity index (χ2v) is 5.36. The van der Waals surface area contributed by atoms with Gasteiger partial charge in [-0.1, -0.05) is 18.3 Å². The Labute approximate surface area is 98.9 Å². The van der Waals surface area contributed by atoms with Crippen molar-refractivity contribution in [3.05, 3.63) is 10.6 Å². The van der Waals surface area contributed by atoms with Gasteiger partial charge in [0.15, 0.2) is 5.13 Å². The average molecular weight is 240 g/mol. The molecule has 4 nitrogen and oxygen atoms in total. The number of piperidine rings is 1. The highest BCUT2D eigenvalue weighted by molar-refractivity contribution is 7.17. The van der Waals surface area contributed by atoms with E-state index < -0.39 is 5.97 Å². The van der Waals surface area contributed by atoms with Gasteiger partial charge in [-0.3, -0.25) is 0 Å². The third-order valence-electron chi connectivity index (χ3n) is 3.03. The number of aromatic carboxylic acids is 1. The molecule has 0 aliphatic carbocycles. The van der Waals surface area contributed by atoms with E-state index in [1.54, 1.807) is 6.92 Å². The highest BCUT2D eigenvalue weighted by Crippen LogP contribution is 2.29. The minimum Gasteiger partial charge on any atom is -0.477 e. The smallest absolute Gasteiger partial charge is 0.347 e. The van der Waals surface area contributed by atoms with Crippen LogP contribution in [0.4, 0.5) is 5.13 Å². The predicted octanol–water partition coefficient (Wildman–Crippen LogP) is 2.39. The van der Waals surface area contributed by atoms with Crippen LogP contribution in [-0.4, -0.2) is 29.1 Å². The number of carboxylic acids is 1. The quantitative estimate of drug-likeness (QED) is 0.862. The third-order valence-corrected chi connectivity index (χ3v) is 4.24. The van der Waals surface area contributed by atoms with Gasteiger partial charge in [0, 0.05) is 13.1 Å². The number of hydrogen-bond donors (Lipinski definition) is 1. The minimum atomic E-state index is -0.869. The summed E-state index contributed by atoms with van der Waals surface area (Å²) in [4.78, 5) is 17.8. The van der Waals surface area contributed by atoms with Crippen molar-refractivity contribution in [2.24, 2.45) is 5.92 Å². The maximum atomic E-state index is 10.9. The van der Waals surface area contributed by atoms with Crippen molar-refractivity contribution in [2.75, 3.05) is 18.0 Å². The van der Waals surface area contributed by atoms with E-state index in [0.29, 0.717) is 10.6 Å². The molecule has 0 atom stereocenters. The van der Waals surface area contributed by atoms with Crippen molar-refractivity contribution in [2.45, 2.75) is 26.7 Å². The van der Waals surface area contributed by atoms with Crippen LogP contribution in [0.5, 0.6) is 0 Å². The van der Waals surface area contributed by atoms with Crippen molar-refractivity contribution in [1.29, 1.82) is 0 Å². The molecule has 1 aromatic rings. The molecule has 0 radical (unpaired) electrons. The van der Waals surface area contributed by atoms with Gasteiger partial charge in [0.05, 0.1) is 5.69 Å². The number of rotatable bonds is 2. The van der Waals surface area contributed by atoms with Crippen LogP contribution in [0.2, 0.25) is 0 Å². The highest BCUT2D eigenvalue weighted by atomic mass is 32.1. The second-order valence-electron chi connectivity index (χ2n) is 4.39. The fraction of sp³-hybridized carbons (Fsp3) is 0.636. The zero-order chi connectivity index (χ0) is 11.7. The molecule has 1 aliphatic rings. The maximum absolute atomic E-state index is 10.9. The van der Waals surface area contributed by atoms with Gasteiger partial charge in [-0.25, -0.2) is 9.78 Å². The standard InChI is InChI=1S/C11H16N2O2S/c1-7-3-5-13(6-4-7)11-12-8(2)9(16-11)10(14)15/h7H,3-6H2,1-2H3,(H,14,15). The molecule has 0 amide bonds. The number of nitrogens with zero attached hydrogens (tertiary/aromatic N) is 2. The average Bonchev–Trinajstić information content (AvgIpc) is 2.61. The predicted molar refractivity (Wildman–Crippen MR) is 64.4 cm³/mol. The van der Waals surface area contributed by atoms with Crippen molar-refractivity contribution in [3.8, 4) is 0 Å². The van der Waals surface area contributed by atoms with Gasteiger partial charge in [0.1, 0.15) is 4.88 Å². The highest BCUT2D eigenvalue weighted by Gasteiger charge is 2.21. The molecular weight excluding hydrogens is 224 g/mol. The molecule has 1 N–H and O–H groups in total. The van der Waals surface area contributed by atoms with Crippen LogP contribution in [0.3, 0.4) is 0 Å². The summed E-state index contributed by atoms with van der Waals surface area (Å²) in [7, 11) is 0. The van der Waals surface area contributed by atoms with Crippen molar-refractivity contribution in [1.82, 2.24) is 4.98 Å². The van der Waals surface area contributed by atoms with E-state index in [-0.39, 0.29) is 0 Å². The van der Waals surface area contributed by atoms with Gasteiger partial charge in [-0.2, -0.15) is 0 Å². The zero-order valence-corrected chi connectivity index (χ0v) is 10.4. The van der Waals surface area contributed by atoms with Gasteiger partial charge >= 0.3 is 5.97 Å². The van der Waals surface area contributed by atoms with Gasteiger partial charge in [0.2, 0.25) is 0 Å². The summed E-state index contributed by atoms with van der Waals surface area (Å²) in [6.45, 7) is 6.00. The van der Waals surface area contributed by atoms with Crippen LogP contribution in [-0.2, 0) is 0 Å². The Morgan fingerprint density at radius 1 is 1.50 bits per heavy atom. The lowest BCUT2D eigenvalue weighted by Gasteiger charge is -2.29. The second kappa shape index (κ2) is 4.41. The molecule has 1 aliphatic heterocycles. The van der Waals surface area contributed by atoms with E-state index in [1.807, 2.05) is 0 Å². The largest absolute Gasteiger partial charge is 0.477 e. The van der Waals surface area contributed by atoms with E-state index in [0.717, 1.165) is 24.1 Å². The number of aromatic nitrogens is 1. The fourth-order valence-electron chi connectivity index (χ4n) is 1.92. The summed E-state index contributed by atoms with van der Waals surface area (Å²) < 4.78 is 0. The monoisotopic (exact) mass is 240 g/mol. The van der Waals surface area contributed by atoms with E-state index in [1.165, 1.54) is 24.2 Å². The Hall–Kier alpha value is -1.10. The number of carbonyl (C=O) groups is 1. The molecule has 1 saturated heterocycles. The van der Waals surface area contributed by atoms with E-state index in [2.05, 4.69) is 16.8 Å². The first-order chi connectivity index (χ1) is 7.58. The molecule has 1 fully saturated rings. The molecule has 16 heavy (non-hydrogen) atoms. The summed E-state index contributed by atoms with van der Waals surface area (Å²) in [5, 5.41) is 9.83. The fourth-order valence-corrected chi connectivity index (χ4v) is 2.87. The molecule has 0 bridgehead atoms. The third kappa shape index (κ3) is 2.19. The van der Waals surface area contributed by atoms with Crippen LogP contribution >= 0.6 is 11.3 Å². The van der Waals surface area contributed by atoms with Crippen LogP contribution in [0.15, 0.2) is 0 Å². The van der Waals surface area contributed by atoms with Crippen LogP contribution in [0.1, 0.15) is 35.1 Å². The Bertz CT molecular complexity index is 395. The van der Waals surface area contributed by atoms with Crippen LogP contribution in [0.25, 0.3) is 0 Å². The Balaban J connectivity index is 2.15. The van der Waals surface area contributed by atoms with Crippen LogP contribution in [0, 0.1) is 12.8 Å². The number of carboxylic acid groups (broad SMARTS) is 1. The number of thiazole rings is 1. The number of anilines is 1. The van der Waals surface area contributed by atoms with Gasteiger partial charge in [0.25, 0.3) is 0 Å². The lowest BCUT2D eigenvalue weighted by molar-refractivity contribution is 0.0701. The molecule has 0 unspecified atom stereocenters. The van der Waals surface area contributed by atoms with Gasteiger partial charge in [-0.15, -0.1) is 0 Å². The minimum absolute atomic E-state index is 0.369. The van der Waals surface area contributed by atoms with Crippen molar-refractivity contribution >= 4 is 22.4 Å². The molecular formula is C11H16N2O2S. The molecule has 2 rings (SSSR count). The van der Waals surface area contributed by atoms with Gasteiger partial charge < -0.3 is 10.0 Å².